The molecule has 160 valence electrons. The summed E-state index contributed by atoms with van der Waals surface area (Å²) in [6.45, 7) is 0.952. The van der Waals surface area contributed by atoms with Crippen molar-refractivity contribution in [3.63, 3.8) is 0 Å². The molecule has 0 radical (unpaired) electrons. The van der Waals surface area contributed by atoms with Gasteiger partial charge in [-0.25, -0.2) is 0 Å². The Morgan fingerprint density at radius 1 is 0.812 bits per heavy atom. The van der Waals surface area contributed by atoms with Crippen LogP contribution in [0.4, 0.5) is 5.69 Å². The number of benzene rings is 3. The average Bonchev–Trinajstić information content (AvgIpc) is 3.08. The van der Waals surface area contributed by atoms with Gasteiger partial charge >= 0.3 is 0 Å². The lowest BCUT2D eigenvalue weighted by atomic mass is 10.0. The van der Waals surface area contributed by atoms with Crippen molar-refractivity contribution in [2.75, 3.05) is 5.32 Å². The number of nitrogens with one attached hydrogen (secondary N) is 1. The van der Waals surface area contributed by atoms with Crippen molar-refractivity contribution in [1.29, 1.82) is 0 Å². The fourth-order valence-corrected chi connectivity index (χ4v) is 4.27. The second-order valence-electron chi connectivity index (χ2n) is 8.27. The Morgan fingerprint density at radius 3 is 2.44 bits per heavy atom. The number of rotatable bonds is 5. The number of fused-ring (bicyclic) bond motifs is 1. The van der Waals surface area contributed by atoms with Gasteiger partial charge in [-0.3, -0.25) is 4.79 Å². The summed E-state index contributed by atoms with van der Waals surface area (Å²) in [4.78, 5) is 12.7. The van der Waals surface area contributed by atoms with Crippen LogP contribution in [0, 0.1) is 0 Å². The SMILES string of the molecule is O=C(Cc1ccc(-c2ccccc2)cc1)Nc1cccc(-c2nnc3n2CCCCC3)c1. The third kappa shape index (κ3) is 4.47. The Bertz CT molecular complexity index is 1210. The number of nitrogens with zero attached hydrogens (tertiary/aromatic N) is 3. The van der Waals surface area contributed by atoms with Crippen LogP contribution in [0.3, 0.4) is 0 Å². The van der Waals surface area contributed by atoms with Crippen LogP contribution in [-0.4, -0.2) is 20.7 Å². The van der Waals surface area contributed by atoms with Crippen molar-refractivity contribution < 1.29 is 4.79 Å². The molecule has 1 amide bonds. The van der Waals surface area contributed by atoms with Crippen molar-refractivity contribution in [2.45, 2.75) is 38.6 Å². The van der Waals surface area contributed by atoms with Gasteiger partial charge in [0.1, 0.15) is 5.82 Å². The predicted octanol–water partition coefficient (Wildman–Crippen LogP) is 5.52. The summed E-state index contributed by atoms with van der Waals surface area (Å²) in [6, 6.07) is 26.3. The number of hydrogen-bond acceptors (Lipinski definition) is 3. The van der Waals surface area contributed by atoms with E-state index in [1.165, 1.54) is 18.4 Å². The van der Waals surface area contributed by atoms with Crippen molar-refractivity contribution in [2.24, 2.45) is 0 Å². The fraction of sp³-hybridized carbons (Fsp3) is 0.222. The molecule has 0 unspecified atom stereocenters. The van der Waals surface area contributed by atoms with Gasteiger partial charge in [0.05, 0.1) is 6.42 Å². The summed E-state index contributed by atoms with van der Waals surface area (Å²) < 4.78 is 2.22. The van der Waals surface area contributed by atoms with Crippen LogP contribution in [0.15, 0.2) is 78.9 Å². The molecule has 0 aliphatic carbocycles. The molecule has 0 saturated heterocycles. The van der Waals surface area contributed by atoms with Crippen LogP contribution < -0.4 is 5.32 Å². The number of amides is 1. The Morgan fingerprint density at radius 2 is 1.59 bits per heavy atom. The summed E-state index contributed by atoms with van der Waals surface area (Å²) in [5, 5.41) is 11.9. The highest BCUT2D eigenvalue weighted by molar-refractivity contribution is 5.92. The Labute approximate surface area is 188 Å². The zero-order chi connectivity index (χ0) is 21.8. The number of aromatic nitrogens is 3. The molecule has 1 aliphatic rings. The van der Waals surface area contributed by atoms with Crippen LogP contribution in [0.1, 0.15) is 30.7 Å². The Hall–Kier alpha value is -3.73. The molecule has 0 fully saturated rings. The highest BCUT2D eigenvalue weighted by Gasteiger charge is 2.16. The average molecular weight is 423 g/mol. The normalized spacial score (nSPS) is 13.2. The maximum atomic E-state index is 12.7. The molecular weight excluding hydrogens is 396 g/mol. The molecule has 0 saturated carbocycles. The zero-order valence-corrected chi connectivity index (χ0v) is 18.0. The first kappa shape index (κ1) is 20.2. The molecule has 5 heteroatoms. The minimum atomic E-state index is -0.0327. The van der Waals surface area contributed by atoms with E-state index in [4.69, 9.17) is 0 Å². The first-order valence-corrected chi connectivity index (χ1v) is 11.2. The van der Waals surface area contributed by atoms with Gasteiger partial charge in [0.2, 0.25) is 5.91 Å². The molecule has 5 rings (SSSR count). The standard InChI is InChI=1S/C27H26N4O/c32-26(18-20-13-15-22(16-14-20)21-8-3-1-4-9-21)28-24-11-7-10-23(19-24)27-30-29-25-12-5-2-6-17-31(25)27/h1,3-4,7-11,13-16,19H,2,5-6,12,17-18H2,(H,28,32). The molecule has 0 atom stereocenters. The third-order valence-electron chi connectivity index (χ3n) is 5.94. The summed E-state index contributed by atoms with van der Waals surface area (Å²) in [5.74, 6) is 1.91. The van der Waals surface area contributed by atoms with E-state index in [1.807, 2.05) is 54.6 Å². The van der Waals surface area contributed by atoms with Gasteiger partial charge in [-0.2, -0.15) is 0 Å². The molecule has 1 aromatic heterocycles. The molecule has 0 bridgehead atoms. The number of aryl methyl sites for hydroxylation is 1. The van der Waals surface area contributed by atoms with E-state index in [9.17, 15) is 4.79 Å². The van der Waals surface area contributed by atoms with Gasteiger partial charge in [-0.05, 0) is 41.7 Å². The highest BCUT2D eigenvalue weighted by atomic mass is 16.1. The molecular formula is C27H26N4O. The molecule has 2 heterocycles. The van der Waals surface area contributed by atoms with Crippen LogP contribution in [0.25, 0.3) is 22.5 Å². The second kappa shape index (κ2) is 9.18. The van der Waals surface area contributed by atoms with Crippen LogP contribution in [0.5, 0.6) is 0 Å². The topological polar surface area (TPSA) is 59.8 Å². The minimum absolute atomic E-state index is 0.0327. The molecule has 0 spiro atoms. The van der Waals surface area contributed by atoms with Crippen molar-refractivity contribution >= 4 is 11.6 Å². The third-order valence-corrected chi connectivity index (χ3v) is 5.94. The summed E-state index contributed by atoms with van der Waals surface area (Å²) in [7, 11) is 0. The van der Waals surface area contributed by atoms with Crippen LogP contribution in [0.2, 0.25) is 0 Å². The van der Waals surface area contributed by atoms with Gasteiger partial charge in [-0.15, -0.1) is 10.2 Å². The van der Waals surface area contributed by atoms with E-state index in [1.54, 1.807) is 0 Å². The van der Waals surface area contributed by atoms with Crippen LogP contribution >= 0.6 is 0 Å². The fourth-order valence-electron chi connectivity index (χ4n) is 4.27. The van der Waals surface area contributed by atoms with E-state index < -0.39 is 0 Å². The van der Waals surface area contributed by atoms with Crippen LogP contribution in [-0.2, 0) is 24.2 Å². The summed E-state index contributed by atoms with van der Waals surface area (Å²) >= 11 is 0. The molecule has 32 heavy (non-hydrogen) atoms. The first-order chi connectivity index (χ1) is 15.8. The van der Waals surface area contributed by atoms with Gasteiger partial charge in [0.15, 0.2) is 5.82 Å². The maximum absolute atomic E-state index is 12.7. The lowest BCUT2D eigenvalue weighted by Crippen LogP contribution is -2.14. The number of carbonyl (C=O) groups excluding carboxylic acids is 1. The summed E-state index contributed by atoms with van der Waals surface area (Å²) in [6.07, 6.45) is 4.86. The zero-order valence-electron chi connectivity index (χ0n) is 18.0. The highest BCUT2D eigenvalue weighted by Crippen LogP contribution is 2.25. The van der Waals surface area contributed by atoms with Crippen molar-refractivity contribution in [3.8, 4) is 22.5 Å². The lowest BCUT2D eigenvalue weighted by Gasteiger charge is -2.10. The number of carbonyl (C=O) groups is 1. The molecule has 3 aromatic carbocycles. The van der Waals surface area contributed by atoms with E-state index in [-0.39, 0.29) is 5.91 Å². The maximum Gasteiger partial charge on any atom is 0.228 e. The van der Waals surface area contributed by atoms with Crippen molar-refractivity contribution in [3.05, 3.63) is 90.3 Å². The Kier molecular flexibility index (Phi) is 5.79. The number of anilines is 1. The molecule has 1 aliphatic heterocycles. The second-order valence-corrected chi connectivity index (χ2v) is 8.27. The summed E-state index contributed by atoms with van der Waals surface area (Å²) in [5.41, 5.74) is 5.07. The lowest BCUT2D eigenvalue weighted by molar-refractivity contribution is -0.115. The smallest absolute Gasteiger partial charge is 0.228 e. The van der Waals surface area contributed by atoms with Gasteiger partial charge < -0.3 is 9.88 Å². The molecule has 5 nitrogen and oxygen atoms in total. The largest absolute Gasteiger partial charge is 0.326 e. The van der Waals surface area contributed by atoms with E-state index in [0.29, 0.717) is 6.42 Å². The van der Waals surface area contributed by atoms with Gasteiger partial charge in [-0.1, -0.05) is 73.2 Å². The Balaban J connectivity index is 1.27. The van der Waals surface area contributed by atoms with E-state index >= 15 is 0 Å². The van der Waals surface area contributed by atoms with Gasteiger partial charge in [0.25, 0.3) is 0 Å². The van der Waals surface area contributed by atoms with Gasteiger partial charge in [0, 0.05) is 24.2 Å². The molecule has 4 aromatic rings. The van der Waals surface area contributed by atoms with Crippen molar-refractivity contribution in [1.82, 2.24) is 14.8 Å². The molecule has 1 N–H and O–H groups in total. The monoisotopic (exact) mass is 422 g/mol. The minimum Gasteiger partial charge on any atom is -0.326 e. The number of hydrogen-bond donors (Lipinski definition) is 1. The quantitative estimate of drug-likeness (QED) is 0.461. The van der Waals surface area contributed by atoms with E-state index in [2.05, 4.69) is 44.3 Å². The first-order valence-electron chi connectivity index (χ1n) is 11.2. The predicted molar refractivity (Wildman–Crippen MR) is 127 cm³/mol. The van der Waals surface area contributed by atoms with E-state index in [0.717, 1.165) is 53.4 Å².